The van der Waals surface area contributed by atoms with E-state index in [0.717, 1.165) is 18.6 Å². The van der Waals surface area contributed by atoms with Crippen LogP contribution in [-0.4, -0.2) is 5.71 Å². The fourth-order valence-corrected chi connectivity index (χ4v) is 2.26. The third kappa shape index (κ3) is 2.47. The summed E-state index contributed by atoms with van der Waals surface area (Å²) < 4.78 is 0. The molecule has 0 heterocycles. The summed E-state index contributed by atoms with van der Waals surface area (Å²) >= 11 is 0. The number of fused-ring (bicyclic) bond motifs is 1. The van der Waals surface area contributed by atoms with Gasteiger partial charge in [-0.25, -0.2) is 0 Å². The topological polar surface area (TPSA) is 23.9 Å². The summed E-state index contributed by atoms with van der Waals surface area (Å²) in [6.45, 7) is 8.44. The zero-order chi connectivity index (χ0) is 11.5. The Labute approximate surface area is 93.0 Å². The molecule has 0 amide bonds. The lowest BCUT2D eigenvalue weighted by molar-refractivity contribution is 0.528. The molecule has 1 aliphatic carbocycles. The number of hydrogen-bond acceptors (Lipinski definition) is 1. The molecule has 0 saturated carbocycles. The van der Waals surface area contributed by atoms with Gasteiger partial charge >= 0.3 is 0 Å². The van der Waals surface area contributed by atoms with E-state index < -0.39 is 0 Å². The third-order valence-electron chi connectivity index (χ3n) is 2.81. The number of hydrogen-bond donors (Lipinski definition) is 1. The van der Waals surface area contributed by atoms with E-state index in [1.165, 1.54) is 11.1 Å². The van der Waals surface area contributed by atoms with Gasteiger partial charge in [0.05, 0.1) is 0 Å². The highest BCUT2D eigenvalue weighted by Gasteiger charge is 2.29. The Morgan fingerprint density at radius 2 is 1.73 bits per heavy atom. The predicted octanol–water partition coefficient (Wildman–Crippen LogP) is 3.96. The second kappa shape index (κ2) is 4.61. The molecular formula is C14H21N. The van der Waals surface area contributed by atoms with Crippen molar-refractivity contribution < 1.29 is 0 Å². The molecule has 1 aliphatic rings. The highest BCUT2D eigenvalue weighted by atomic mass is 14.5. The molecule has 0 atom stereocenters. The van der Waals surface area contributed by atoms with Crippen LogP contribution in [0.3, 0.4) is 0 Å². The number of benzene rings is 1. The Morgan fingerprint density at radius 3 is 2.40 bits per heavy atom. The second-order valence-electron chi connectivity index (χ2n) is 4.50. The van der Waals surface area contributed by atoms with E-state index in [-0.39, 0.29) is 5.41 Å². The SMILES string of the molecule is CC.CC1(C)CC(=N)Cc2ccccc21. The van der Waals surface area contributed by atoms with E-state index >= 15 is 0 Å². The number of rotatable bonds is 0. The van der Waals surface area contributed by atoms with Crippen LogP contribution in [0.25, 0.3) is 0 Å². The van der Waals surface area contributed by atoms with Gasteiger partial charge in [-0.1, -0.05) is 52.0 Å². The summed E-state index contributed by atoms with van der Waals surface area (Å²) in [6.07, 6.45) is 1.75. The molecular weight excluding hydrogens is 182 g/mol. The van der Waals surface area contributed by atoms with Gasteiger partial charge in [0.25, 0.3) is 0 Å². The zero-order valence-corrected chi connectivity index (χ0v) is 10.2. The Balaban J connectivity index is 0.000000531. The zero-order valence-electron chi connectivity index (χ0n) is 10.2. The maximum absolute atomic E-state index is 7.78. The molecule has 1 aromatic rings. The van der Waals surface area contributed by atoms with E-state index in [1.807, 2.05) is 13.8 Å². The fourth-order valence-electron chi connectivity index (χ4n) is 2.26. The molecule has 1 nitrogen and oxygen atoms in total. The van der Waals surface area contributed by atoms with Gasteiger partial charge in [-0.3, -0.25) is 0 Å². The van der Waals surface area contributed by atoms with E-state index in [1.54, 1.807) is 0 Å². The lowest BCUT2D eigenvalue weighted by Crippen LogP contribution is -2.29. The van der Waals surface area contributed by atoms with Crippen molar-refractivity contribution in [1.29, 1.82) is 5.41 Å². The molecule has 0 unspecified atom stereocenters. The molecule has 1 aromatic carbocycles. The maximum atomic E-state index is 7.78. The van der Waals surface area contributed by atoms with Crippen molar-refractivity contribution >= 4 is 5.71 Å². The Hall–Kier alpha value is -1.11. The van der Waals surface area contributed by atoms with Gasteiger partial charge < -0.3 is 5.41 Å². The highest BCUT2D eigenvalue weighted by molar-refractivity contribution is 5.87. The lowest BCUT2D eigenvalue weighted by Gasteiger charge is -2.32. The highest BCUT2D eigenvalue weighted by Crippen LogP contribution is 2.34. The molecule has 1 N–H and O–H groups in total. The van der Waals surface area contributed by atoms with Gasteiger partial charge in [0.1, 0.15) is 0 Å². The molecule has 0 spiro atoms. The normalized spacial score (nSPS) is 17.5. The summed E-state index contributed by atoms with van der Waals surface area (Å²) in [6, 6.07) is 8.50. The van der Waals surface area contributed by atoms with Crippen LogP contribution < -0.4 is 0 Å². The van der Waals surface area contributed by atoms with Crippen LogP contribution in [0.15, 0.2) is 24.3 Å². The minimum absolute atomic E-state index is 0.159. The van der Waals surface area contributed by atoms with Gasteiger partial charge in [-0.05, 0) is 23.0 Å². The summed E-state index contributed by atoms with van der Waals surface area (Å²) in [4.78, 5) is 0. The third-order valence-corrected chi connectivity index (χ3v) is 2.81. The standard InChI is InChI=1S/C12H15N.C2H6/c1-12(2)8-10(13)7-9-5-3-4-6-11(9)12;1-2/h3-6,13H,7-8H2,1-2H3;1-2H3. The van der Waals surface area contributed by atoms with Gasteiger partial charge in [0.2, 0.25) is 0 Å². The van der Waals surface area contributed by atoms with Crippen LogP contribution in [0.2, 0.25) is 0 Å². The molecule has 0 bridgehead atoms. The molecule has 2 rings (SSSR count). The van der Waals surface area contributed by atoms with Crippen molar-refractivity contribution in [3.05, 3.63) is 35.4 Å². The first-order valence-corrected chi connectivity index (χ1v) is 5.74. The van der Waals surface area contributed by atoms with Crippen LogP contribution in [0.5, 0.6) is 0 Å². The van der Waals surface area contributed by atoms with Gasteiger partial charge in [-0.2, -0.15) is 0 Å². The van der Waals surface area contributed by atoms with Crippen LogP contribution in [0, 0.1) is 5.41 Å². The molecule has 0 fully saturated rings. The number of nitrogens with one attached hydrogen (secondary N) is 1. The first kappa shape index (κ1) is 12.0. The van der Waals surface area contributed by atoms with Crippen molar-refractivity contribution in [2.24, 2.45) is 0 Å². The summed E-state index contributed by atoms with van der Waals surface area (Å²) in [7, 11) is 0. The molecule has 0 radical (unpaired) electrons. The van der Waals surface area contributed by atoms with E-state index in [4.69, 9.17) is 5.41 Å². The Kier molecular flexibility index (Phi) is 3.67. The smallest absolute Gasteiger partial charge is 0.0142 e. The second-order valence-corrected chi connectivity index (χ2v) is 4.50. The molecule has 1 heteroatoms. The van der Waals surface area contributed by atoms with Crippen molar-refractivity contribution in [2.45, 2.75) is 46.0 Å². The first-order valence-electron chi connectivity index (χ1n) is 5.74. The molecule has 0 saturated heterocycles. The van der Waals surface area contributed by atoms with E-state index in [9.17, 15) is 0 Å². The minimum atomic E-state index is 0.159. The molecule has 0 aromatic heterocycles. The summed E-state index contributed by atoms with van der Waals surface area (Å²) in [5.74, 6) is 0. The summed E-state index contributed by atoms with van der Waals surface area (Å²) in [5.41, 5.74) is 3.78. The lowest BCUT2D eigenvalue weighted by atomic mass is 9.72. The van der Waals surface area contributed by atoms with Crippen LogP contribution in [0.1, 0.15) is 45.2 Å². The fraction of sp³-hybridized carbons (Fsp3) is 0.500. The quantitative estimate of drug-likeness (QED) is 0.660. The monoisotopic (exact) mass is 203 g/mol. The van der Waals surface area contributed by atoms with Gasteiger partial charge in [0.15, 0.2) is 0 Å². The van der Waals surface area contributed by atoms with Crippen LogP contribution >= 0.6 is 0 Å². The van der Waals surface area contributed by atoms with Crippen LogP contribution in [-0.2, 0) is 11.8 Å². The molecule has 0 aliphatic heterocycles. The van der Waals surface area contributed by atoms with E-state index in [2.05, 4.69) is 38.1 Å². The van der Waals surface area contributed by atoms with Crippen LogP contribution in [0.4, 0.5) is 0 Å². The molecule has 15 heavy (non-hydrogen) atoms. The minimum Gasteiger partial charge on any atom is -0.309 e. The average Bonchev–Trinajstić information content (AvgIpc) is 2.19. The van der Waals surface area contributed by atoms with Crippen molar-refractivity contribution in [1.82, 2.24) is 0 Å². The van der Waals surface area contributed by atoms with Crippen molar-refractivity contribution in [3.63, 3.8) is 0 Å². The summed E-state index contributed by atoms with van der Waals surface area (Å²) in [5, 5.41) is 7.78. The average molecular weight is 203 g/mol. The van der Waals surface area contributed by atoms with Gasteiger partial charge in [-0.15, -0.1) is 0 Å². The molecule has 82 valence electrons. The first-order chi connectivity index (χ1) is 7.09. The largest absolute Gasteiger partial charge is 0.309 e. The Bertz CT molecular complexity index is 350. The Morgan fingerprint density at radius 1 is 1.13 bits per heavy atom. The maximum Gasteiger partial charge on any atom is 0.0142 e. The predicted molar refractivity (Wildman–Crippen MR) is 66.9 cm³/mol. The van der Waals surface area contributed by atoms with Crippen molar-refractivity contribution in [2.75, 3.05) is 0 Å². The van der Waals surface area contributed by atoms with Crippen molar-refractivity contribution in [3.8, 4) is 0 Å². The van der Waals surface area contributed by atoms with Gasteiger partial charge in [0, 0.05) is 12.1 Å². The van der Waals surface area contributed by atoms with E-state index in [0.29, 0.717) is 0 Å².